The lowest BCUT2D eigenvalue weighted by atomic mass is 9.99. The first-order chi connectivity index (χ1) is 21.0. The second-order valence-corrected chi connectivity index (χ2v) is 12.5. The van der Waals surface area contributed by atoms with Crippen molar-refractivity contribution < 1.29 is 33.5 Å². The molecular formula is C30H44N6O7S. The van der Waals surface area contributed by atoms with Crippen LogP contribution in [0.5, 0.6) is 5.75 Å². The lowest BCUT2D eigenvalue weighted by molar-refractivity contribution is -0.140. The summed E-state index contributed by atoms with van der Waals surface area (Å²) in [5.41, 5.74) is 0.704. The monoisotopic (exact) mass is 632 g/mol. The van der Waals surface area contributed by atoms with E-state index in [9.17, 15) is 28.8 Å². The van der Waals surface area contributed by atoms with Gasteiger partial charge in [-0.3, -0.25) is 24.0 Å². The van der Waals surface area contributed by atoms with E-state index in [0.717, 1.165) is 18.6 Å². The van der Waals surface area contributed by atoms with Crippen LogP contribution in [0.2, 0.25) is 0 Å². The van der Waals surface area contributed by atoms with E-state index in [1.165, 1.54) is 7.11 Å². The van der Waals surface area contributed by atoms with Crippen LogP contribution < -0.4 is 36.6 Å². The average molecular weight is 633 g/mol. The number of fused-ring (bicyclic) bond motifs is 1. The second-order valence-electron chi connectivity index (χ2n) is 11.3. The number of methoxy groups -OCH3 is 1. The number of unbranched alkanes of at least 4 members (excludes halogenated alkanes) is 1. The molecule has 14 heteroatoms. The SMILES string of the molecule is CCNC(=O)C(=O)[C@H](Cc1ccc(OC)cc1)NC(=O)[C@@H](NC(=O)CNC(=O)CCCCC1SC[C@@H]2NC(=O)N[C@H]12)C(C)C. The maximum atomic E-state index is 13.3. The average Bonchev–Trinajstić information content (AvgIpc) is 3.55. The summed E-state index contributed by atoms with van der Waals surface area (Å²) in [6.45, 7) is 5.12. The third kappa shape index (κ3) is 10.1. The normalized spacial score (nSPS) is 20.0. The van der Waals surface area contributed by atoms with Crippen molar-refractivity contribution in [2.75, 3.05) is 26.0 Å². The molecule has 242 valence electrons. The minimum atomic E-state index is -1.16. The Balaban J connectivity index is 1.47. The number of hydrogen-bond acceptors (Lipinski definition) is 8. The van der Waals surface area contributed by atoms with Gasteiger partial charge in [-0.2, -0.15) is 11.8 Å². The van der Waals surface area contributed by atoms with Gasteiger partial charge in [0.05, 0.1) is 25.7 Å². The highest BCUT2D eigenvalue weighted by molar-refractivity contribution is 8.00. The first-order valence-corrected chi connectivity index (χ1v) is 16.1. The Bertz CT molecular complexity index is 1190. The van der Waals surface area contributed by atoms with Crippen LogP contribution in [0.25, 0.3) is 0 Å². The zero-order valence-corrected chi connectivity index (χ0v) is 26.5. The van der Waals surface area contributed by atoms with Crippen molar-refractivity contribution in [1.82, 2.24) is 31.9 Å². The number of urea groups is 1. The molecule has 13 nitrogen and oxygen atoms in total. The Morgan fingerprint density at radius 2 is 1.73 bits per heavy atom. The van der Waals surface area contributed by atoms with Crippen molar-refractivity contribution in [3.05, 3.63) is 29.8 Å². The predicted octanol–water partition coefficient (Wildman–Crippen LogP) is 0.411. The lowest BCUT2D eigenvalue weighted by Crippen LogP contribution is -2.57. The topological polar surface area (TPSA) is 184 Å². The molecule has 3 rings (SSSR count). The van der Waals surface area contributed by atoms with Gasteiger partial charge in [0, 0.05) is 30.4 Å². The third-order valence-corrected chi connectivity index (χ3v) is 9.09. The Morgan fingerprint density at radius 1 is 1.00 bits per heavy atom. The van der Waals surface area contributed by atoms with Crippen molar-refractivity contribution in [3.8, 4) is 5.75 Å². The quantitative estimate of drug-likeness (QED) is 0.0811. The number of benzene rings is 1. The zero-order chi connectivity index (χ0) is 32.2. The number of nitrogens with one attached hydrogen (secondary N) is 6. The molecule has 1 aromatic carbocycles. The molecule has 6 N–H and O–H groups in total. The predicted molar refractivity (Wildman–Crippen MR) is 166 cm³/mol. The maximum absolute atomic E-state index is 13.3. The number of amides is 6. The molecule has 2 aliphatic rings. The van der Waals surface area contributed by atoms with E-state index in [-0.39, 0.29) is 55.9 Å². The number of hydrogen-bond donors (Lipinski definition) is 6. The van der Waals surface area contributed by atoms with Gasteiger partial charge >= 0.3 is 6.03 Å². The minimum Gasteiger partial charge on any atom is -0.497 e. The maximum Gasteiger partial charge on any atom is 0.315 e. The van der Waals surface area contributed by atoms with Gasteiger partial charge in [-0.25, -0.2) is 4.79 Å². The fraction of sp³-hybridized carbons (Fsp3) is 0.600. The highest BCUT2D eigenvalue weighted by Crippen LogP contribution is 2.33. The number of Topliss-reactive ketones (excluding diaryl/α,β-unsaturated/α-hetero) is 1. The van der Waals surface area contributed by atoms with E-state index in [1.807, 2.05) is 11.8 Å². The molecule has 2 fully saturated rings. The van der Waals surface area contributed by atoms with Gasteiger partial charge in [0.15, 0.2) is 0 Å². The van der Waals surface area contributed by atoms with E-state index in [2.05, 4.69) is 31.9 Å². The molecule has 1 aromatic rings. The number of ether oxygens (including phenoxy) is 1. The number of carbonyl (C=O) groups excluding carboxylic acids is 6. The molecule has 1 unspecified atom stereocenters. The van der Waals surface area contributed by atoms with Crippen LogP contribution in [0.15, 0.2) is 24.3 Å². The summed E-state index contributed by atoms with van der Waals surface area (Å²) >= 11 is 1.82. The zero-order valence-electron chi connectivity index (χ0n) is 25.7. The molecule has 5 atom stereocenters. The number of thioether (sulfide) groups is 1. The van der Waals surface area contributed by atoms with E-state index < -0.39 is 35.6 Å². The van der Waals surface area contributed by atoms with Crippen LogP contribution in [0.4, 0.5) is 4.79 Å². The van der Waals surface area contributed by atoms with Gasteiger partial charge in [0.25, 0.3) is 5.91 Å². The molecule has 0 aliphatic carbocycles. The number of carbonyl (C=O) groups is 6. The van der Waals surface area contributed by atoms with Crippen LogP contribution in [0.3, 0.4) is 0 Å². The molecule has 2 saturated heterocycles. The van der Waals surface area contributed by atoms with Crippen molar-refractivity contribution in [2.24, 2.45) is 5.92 Å². The van der Waals surface area contributed by atoms with Gasteiger partial charge in [0.1, 0.15) is 17.8 Å². The van der Waals surface area contributed by atoms with Gasteiger partial charge in [-0.1, -0.05) is 32.4 Å². The third-order valence-electron chi connectivity index (χ3n) is 7.59. The summed E-state index contributed by atoms with van der Waals surface area (Å²) in [4.78, 5) is 75.1. The van der Waals surface area contributed by atoms with E-state index in [1.54, 1.807) is 45.0 Å². The van der Waals surface area contributed by atoms with Crippen molar-refractivity contribution in [1.29, 1.82) is 0 Å². The van der Waals surface area contributed by atoms with Gasteiger partial charge < -0.3 is 36.6 Å². The Labute approximate surface area is 262 Å². The molecule has 0 bridgehead atoms. The Hall–Kier alpha value is -3.81. The molecule has 0 saturated carbocycles. The first-order valence-electron chi connectivity index (χ1n) is 15.0. The standard InChI is InChI=1S/C30H44N6O7S/c1-5-31-29(41)27(39)20(14-18-10-12-19(43-4)13-11-18)33-28(40)25(17(2)3)35-24(38)15-32-23(37)9-7-6-8-22-26-21(16-44-22)34-30(42)36-26/h10-13,17,20-22,25-26H,5-9,14-16H2,1-4H3,(H,31,41)(H,32,37)(H,33,40)(H,35,38)(H2,34,36,42)/t20-,21-,22?,25-,26-/m0/s1. The van der Waals surface area contributed by atoms with Crippen molar-refractivity contribution in [2.45, 2.75) is 82.3 Å². The summed E-state index contributed by atoms with van der Waals surface area (Å²) in [5, 5.41) is 16.5. The molecule has 0 aromatic heterocycles. The first kappa shape index (κ1) is 34.7. The number of likely N-dealkylation sites (N-methyl/N-ethyl adjacent to an activating group) is 1. The molecule has 0 spiro atoms. The number of rotatable bonds is 17. The highest BCUT2D eigenvalue weighted by Gasteiger charge is 2.42. The molecule has 2 heterocycles. The second kappa shape index (κ2) is 16.9. The van der Waals surface area contributed by atoms with Crippen molar-refractivity contribution >= 4 is 47.2 Å². The Morgan fingerprint density at radius 3 is 2.39 bits per heavy atom. The molecule has 0 radical (unpaired) electrons. The van der Waals surface area contributed by atoms with Crippen LogP contribution in [0, 0.1) is 5.92 Å². The summed E-state index contributed by atoms with van der Waals surface area (Å²) < 4.78 is 5.16. The van der Waals surface area contributed by atoms with Crippen LogP contribution in [-0.4, -0.2) is 90.8 Å². The molecule has 2 aliphatic heterocycles. The molecule has 6 amide bonds. The fourth-order valence-electron chi connectivity index (χ4n) is 5.17. The van der Waals surface area contributed by atoms with E-state index >= 15 is 0 Å². The molecule has 44 heavy (non-hydrogen) atoms. The van der Waals surface area contributed by atoms with Gasteiger partial charge in [-0.05, 0) is 43.4 Å². The van der Waals surface area contributed by atoms with Gasteiger partial charge in [0.2, 0.25) is 23.5 Å². The summed E-state index contributed by atoms with van der Waals surface area (Å²) in [5.74, 6) is -1.89. The summed E-state index contributed by atoms with van der Waals surface area (Å²) in [6.07, 6.45) is 2.67. The molecular weight excluding hydrogens is 588 g/mol. The van der Waals surface area contributed by atoms with Gasteiger partial charge in [-0.15, -0.1) is 0 Å². The summed E-state index contributed by atoms with van der Waals surface area (Å²) in [6, 6.07) is 4.92. The van der Waals surface area contributed by atoms with Crippen LogP contribution in [-0.2, 0) is 30.4 Å². The highest BCUT2D eigenvalue weighted by atomic mass is 32.2. The van der Waals surface area contributed by atoms with E-state index in [0.29, 0.717) is 23.0 Å². The van der Waals surface area contributed by atoms with Crippen molar-refractivity contribution in [3.63, 3.8) is 0 Å². The largest absolute Gasteiger partial charge is 0.497 e. The Kier molecular flexibility index (Phi) is 13.3. The fourth-order valence-corrected chi connectivity index (χ4v) is 6.72. The van der Waals surface area contributed by atoms with E-state index in [4.69, 9.17) is 4.74 Å². The summed E-state index contributed by atoms with van der Waals surface area (Å²) in [7, 11) is 1.53. The lowest BCUT2D eigenvalue weighted by Gasteiger charge is -2.25. The minimum absolute atomic E-state index is 0.0622. The van der Waals surface area contributed by atoms with Crippen LogP contribution in [0.1, 0.15) is 52.0 Å². The smallest absolute Gasteiger partial charge is 0.315 e. The number of ketones is 1. The van der Waals surface area contributed by atoms with Crippen LogP contribution >= 0.6 is 11.8 Å².